The number of urea groups is 1. The number of aromatic nitrogens is 1. The molecule has 2 aliphatic heterocycles. The van der Waals surface area contributed by atoms with E-state index in [2.05, 4.69) is 10.3 Å². The van der Waals surface area contributed by atoms with Gasteiger partial charge in [-0.1, -0.05) is 25.5 Å². The Balaban J connectivity index is 1.48. The summed E-state index contributed by atoms with van der Waals surface area (Å²) >= 11 is 0. The number of aliphatic hydroxyl groups is 1. The smallest absolute Gasteiger partial charge is 0.430 e. The van der Waals surface area contributed by atoms with Crippen LogP contribution in [-0.2, 0) is 27.1 Å². The summed E-state index contributed by atoms with van der Waals surface area (Å²) in [7, 11) is 0. The van der Waals surface area contributed by atoms with Crippen LogP contribution in [0.3, 0.4) is 0 Å². The van der Waals surface area contributed by atoms with Crippen molar-refractivity contribution in [2.24, 2.45) is 0 Å². The van der Waals surface area contributed by atoms with Gasteiger partial charge in [0.25, 0.3) is 11.5 Å². The van der Waals surface area contributed by atoms with Gasteiger partial charge in [0.2, 0.25) is 5.91 Å². The summed E-state index contributed by atoms with van der Waals surface area (Å²) in [5.41, 5.74) is -7.09. The molecule has 2 saturated heterocycles. The first-order chi connectivity index (χ1) is 21.7. The second kappa shape index (κ2) is 12.8. The van der Waals surface area contributed by atoms with E-state index in [1.165, 1.54) is 18.0 Å². The van der Waals surface area contributed by atoms with Crippen LogP contribution in [0.1, 0.15) is 57.9 Å². The van der Waals surface area contributed by atoms with Crippen LogP contribution < -0.4 is 15.0 Å². The predicted molar refractivity (Wildman–Crippen MR) is 157 cm³/mol. The van der Waals surface area contributed by atoms with Gasteiger partial charge in [-0.15, -0.1) is 0 Å². The fourth-order valence-electron chi connectivity index (χ4n) is 5.86. The van der Waals surface area contributed by atoms with E-state index in [9.17, 15) is 45.8 Å². The first-order valence-corrected chi connectivity index (χ1v) is 15.1. The Morgan fingerprint density at radius 3 is 2.30 bits per heavy atom. The number of rotatable bonds is 9. The molecule has 0 spiro atoms. The van der Waals surface area contributed by atoms with Gasteiger partial charge in [0.1, 0.15) is 12.3 Å². The number of hydrogen-bond donors (Lipinski definition) is 2. The van der Waals surface area contributed by atoms with Crippen molar-refractivity contribution in [1.29, 1.82) is 0 Å². The molecule has 10 nitrogen and oxygen atoms in total. The number of hydrogen-bond acceptors (Lipinski definition) is 7. The molecule has 2 N–H and O–H groups in total. The normalized spacial score (nSPS) is 21.0. The quantitative estimate of drug-likeness (QED) is 0.295. The van der Waals surface area contributed by atoms with Gasteiger partial charge in [0, 0.05) is 36.9 Å². The summed E-state index contributed by atoms with van der Waals surface area (Å²) in [5.74, 6) is -0.719. The molecule has 258 valence electrons. The van der Waals surface area contributed by atoms with Crippen LogP contribution in [0.25, 0.3) is 0 Å². The molecule has 47 heavy (non-hydrogen) atoms. The van der Waals surface area contributed by atoms with E-state index in [-0.39, 0.29) is 43.4 Å². The van der Waals surface area contributed by atoms with Gasteiger partial charge in [-0.3, -0.25) is 19.5 Å². The topological polar surface area (TPSA) is 115 Å². The molecule has 1 aromatic heterocycles. The molecule has 4 rings (SSSR count). The van der Waals surface area contributed by atoms with E-state index in [0.29, 0.717) is 23.9 Å². The van der Waals surface area contributed by atoms with Crippen molar-refractivity contribution >= 4 is 23.5 Å². The molecule has 0 radical (unpaired) electrons. The Hall–Kier alpha value is -4.08. The van der Waals surface area contributed by atoms with Crippen LogP contribution in [-0.4, -0.2) is 88.4 Å². The van der Waals surface area contributed by atoms with Crippen LogP contribution in [0, 0.1) is 0 Å². The van der Waals surface area contributed by atoms with E-state index in [0.717, 1.165) is 17.0 Å². The average Bonchev–Trinajstić information content (AvgIpc) is 3.19. The van der Waals surface area contributed by atoms with Crippen molar-refractivity contribution < 1.29 is 50.6 Å². The highest BCUT2D eigenvalue weighted by molar-refractivity contribution is 6.09. The zero-order valence-corrected chi connectivity index (χ0v) is 26.5. The number of piperazine rings is 1. The van der Waals surface area contributed by atoms with Crippen molar-refractivity contribution in [1.82, 2.24) is 20.1 Å². The SMILES string of the molecule is CCCc1cc(C(O)(C(F)(F)F)C(F)(F)F)ccc1N1CCN(C(=O)CN2C(=O)NC(C)(c3ccc(OC(C)C)cn3)C2=O)C[C@@H]1C. The Bertz CT molecular complexity index is 1490. The Morgan fingerprint density at radius 2 is 1.77 bits per heavy atom. The van der Waals surface area contributed by atoms with E-state index < -0.39 is 59.5 Å². The van der Waals surface area contributed by atoms with Gasteiger partial charge in [-0.2, -0.15) is 26.3 Å². The van der Waals surface area contributed by atoms with Crippen molar-refractivity contribution in [3.63, 3.8) is 0 Å². The second-order valence-corrected chi connectivity index (χ2v) is 12.2. The lowest BCUT2D eigenvalue weighted by Gasteiger charge is -2.42. The zero-order chi connectivity index (χ0) is 35.1. The summed E-state index contributed by atoms with van der Waals surface area (Å²) in [6, 6.07) is 4.43. The number of aryl methyl sites for hydroxylation is 1. The van der Waals surface area contributed by atoms with Crippen LogP contribution in [0.15, 0.2) is 36.5 Å². The van der Waals surface area contributed by atoms with Crippen molar-refractivity contribution in [2.45, 2.75) is 83.1 Å². The maximum absolute atomic E-state index is 13.5. The lowest BCUT2D eigenvalue weighted by Crippen LogP contribution is -2.56. The first-order valence-electron chi connectivity index (χ1n) is 15.1. The summed E-state index contributed by atoms with van der Waals surface area (Å²) < 4.78 is 86.8. The molecule has 0 aliphatic carbocycles. The number of ether oxygens (including phenoxy) is 1. The molecule has 1 unspecified atom stereocenters. The molecule has 0 saturated carbocycles. The number of alkyl halides is 6. The molecule has 4 amide bonds. The van der Waals surface area contributed by atoms with Gasteiger partial charge in [0.15, 0.2) is 5.54 Å². The predicted octanol–water partition coefficient (Wildman–Crippen LogP) is 4.64. The number of halogens is 6. The molecule has 0 bridgehead atoms. The third-order valence-corrected chi connectivity index (χ3v) is 8.32. The molecule has 1 aromatic carbocycles. The Kier molecular flexibility index (Phi) is 9.78. The molecular formula is C31H37F6N5O5. The van der Waals surface area contributed by atoms with Crippen LogP contribution in [0.5, 0.6) is 5.75 Å². The van der Waals surface area contributed by atoms with Crippen LogP contribution in [0.2, 0.25) is 0 Å². The summed E-state index contributed by atoms with van der Waals surface area (Å²) in [4.78, 5) is 47.8. The lowest BCUT2D eigenvalue weighted by molar-refractivity contribution is -0.376. The van der Waals surface area contributed by atoms with Gasteiger partial charge >= 0.3 is 18.4 Å². The van der Waals surface area contributed by atoms with Gasteiger partial charge < -0.3 is 25.0 Å². The fourth-order valence-corrected chi connectivity index (χ4v) is 5.86. The summed E-state index contributed by atoms with van der Waals surface area (Å²) in [6.07, 6.45) is -10.2. The third-order valence-electron chi connectivity index (χ3n) is 8.32. The highest BCUT2D eigenvalue weighted by atomic mass is 19.4. The van der Waals surface area contributed by atoms with Crippen LogP contribution in [0.4, 0.5) is 36.8 Å². The summed E-state index contributed by atoms with van der Waals surface area (Å²) in [5, 5.41) is 12.5. The lowest BCUT2D eigenvalue weighted by atomic mass is 9.89. The van der Waals surface area contributed by atoms with E-state index in [1.807, 2.05) is 13.8 Å². The second-order valence-electron chi connectivity index (χ2n) is 12.2. The van der Waals surface area contributed by atoms with Crippen LogP contribution >= 0.6 is 0 Å². The highest BCUT2D eigenvalue weighted by Gasteiger charge is 2.71. The van der Waals surface area contributed by atoms with Gasteiger partial charge in [-0.25, -0.2) is 4.79 Å². The largest absolute Gasteiger partial charge is 0.489 e. The number of carbonyl (C=O) groups excluding carboxylic acids is 3. The fraction of sp³-hybridized carbons (Fsp3) is 0.548. The number of imide groups is 1. The standard InChI is InChI=1S/C31H37F6N5O5/c1-6-7-20-14-21(29(46,30(32,33)34)31(35,36)37)8-10-23(20)41-13-12-40(16-19(41)4)25(43)17-42-26(44)28(5,39-27(42)45)24-11-9-22(15-38-24)47-18(2)3/h8-11,14-15,18-19,46H,6-7,12-13,16-17H2,1-5H3,(H,39,45)/t19-,28?/m0/s1. The molecule has 2 atom stereocenters. The molecule has 2 aromatic rings. The maximum atomic E-state index is 13.5. The molecule has 16 heteroatoms. The minimum absolute atomic E-state index is 0.0980. The molecule has 2 fully saturated rings. The number of nitrogens with one attached hydrogen (secondary N) is 1. The number of amides is 4. The van der Waals surface area contributed by atoms with Crippen molar-refractivity contribution in [3.05, 3.63) is 53.3 Å². The number of carbonyl (C=O) groups is 3. The first kappa shape index (κ1) is 35.8. The third kappa shape index (κ3) is 6.69. The molecule has 2 aliphatic rings. The van der Waals surface area contributed by atoms with Gasteiger partial charge in [-0.05, 0) is 57.9 Å². The van der Waals surface area contributed by atoms with E-state index >= 15 is 0 Å². The zero-order valence-electron chi connectivity index (χ0n) is 26.5. The monoisotopic (exact) mass is 673 g/mol. The van der Waals surface area contributed by atoms with Crippen molar-refractivity contribution in [3.8, 4) is 5.75 Å². The van der Waals surface area contributed by atoms with Crippen molar-refractivity contribution in [2.75, 3.05) is 31.1 Å². The minimum Gasteiger partial charge on any atom is -0.489 e. The van der Waals surface area contributed by atoms with Gasteiger partial charge in [0.05, 0.1) is 18.0 Å². The number of pyridine rings is 1. The Labute approximate surface area is 267 Å². The average molecular weight is 674 g/mol. The number of anilines is 1. The molecule has 3 heterocycles. The summed E-state index contributed by atoms with van der Waals surface area (Å²) in [6.45, 7) is 8.42. The highest BCUT2D eigenvalue weighted by Crippen LogP contribution is 2.50. The van der Waals surface area contributed by atoms with E-state index in [4.69, 9.17) is 4.74 Å². The minimum atomic E-state index is -6.01. The number of nitrogens with zero attached hydrogens (tertiary/aromatic N) is 4. The molecular weight excluding hydrogens is 636 g/mol. The van der Waals surface area contributed by atoms with E-state index in [1.54, 1.807) is 30.9 Å². The maximum Gasteiger partial charge on any atom is 0.430 e. The Morgan fingerprint density at radius 1 is 1.11 bits per heavy atom. The number of benzene rings is 1.